The van der Waals surface area contributed by atoms with Gasteiger partial charge in [-0.15, -0.1) is 0 Å². The van der Waals surface area contributed by atoms with Crippen LogP contribution >= 0.6 is 0 Å². The zero-order chi connectivity index (χ0) is 21.9. The molecule has 3 aromatic carbocycles. The Morgan fingerprint density at radius 1 is 1.00 bits per heavy atom. The Morgan fingerprint density at radius 2 is 1.78 bits per heavy atom. The minimum atomic E-state index is -0.178. The van der Waals surface area contributed by atoms with Gasteiger partial charge in [0.25, 0.3) is 5.91 Å². The van der Waals surface area contributed by atoms with Crippen LogP contribution in [0.3, 0.4) is 0 Å². The third-order valence-electron chi connectivity index (χ3n) is 5.91. The maximum atomic E-state index is 13.4. The predicted molar refractivity (Wildman–Crippen MR) is 126 cm³/mol. The summed E-state index contributed by atoms with van der Waals surface area (Å²) >= 11 is 0. The van der Waals surface area contributed by atoms with E-state index in [0.717, 1.165) is 29.7 Å². The molecule has 1 aromatic heterocycles. The monoisotopic (exact) mass is 423 g/mol. The molecule has 5 heteroatoms. The predicted octanol–water partition coefficient (Wildman–Crippen LogP) is 5.35. The maximum Gasteiger partial charge on any atom is 0.259 e. The number of aromatic nitrogens is 2. The second-order valence-corrected chi connectivity index (χ2v) is 8.07. The number of methoxy groups -OCH3 is 1. The summed E-state index contributed by atoms with van der Waals surface area (Å²) in [5.41, 5.74) is 6.56. The Morgan fingerprint density at radius 3 is 2.62 bits per heavy atom. The summed E-state index contributed by atoms with van der Waals surface area (Å²) in [5, 5.41) is 7.86. The van der Waals surface area contributed by atoms with Crippen molar-refractivity contribution in [1.29, 1.82) is 0 Å². The van der Waals surface area contributed by atoms with Crippen LogP contribution in [0.2, 0.25) is 0 Å². The highest BCUT2D eigenvalue weighted by molar-refractivity contribution is 6.08. The molecule has 0 spiro atoms. The summed E-state index contributed by atoms with van der Waals surface area (Å²) in [6.07, 6.45) is 5.18. The topological polar surface area (TPSA) is 56.2 Å². The van der Waals surface area contributed by atoms with E-state index in [9.17, 15) is 4.79 Å². The van der Waals surface area contributed by atoms with Gasteiger partial charge in [-0.3, -0.25) is 9.48 Å². The molecule has 1 aliphatic rings. The van der Waals surface area contributed by atoms with Crippen molar-refractivity contribution in [3.05, 3.63) is 101 Å². The Bertz CT molecular complexity index is 1260. The molecule has 160 valence electrons. The number of fused-ring (bicyclic) bond motifs is 1. The number of nitrogens with zero attached hydrogens (tertiary/aromatic N) is 2. The van der Waals surface area contributed by atoms with Crippen LogP contribution in [0.15, 0.2) is 79.0 Å². The molecule has 0 fully saturated rings. The average molecular weight is 424 g/mol. The number of anilines is 1. The van der Waals surface area contributed by atoms with Crippen molar-refractivity contribution in [1.82, 2.24) is 9.78 Å². The van der Waals surface area contributed by atoms with Gasteiger partial charge < -0.3 is 10.1 Å². The van der Waals surface area contributed by atoms with E-state index >= 15 is 0 Å². The summed E-state index contributed by atoms with van der Waals surface area (Å²) in [6, 6.07) is 23.9. The highest BCUT2D eigenvalue weighted by Crippen LogP contribution is 2.32. The molecular formula is C27H25N3O2. The number of rotatable bonds is 6. The lowest BCUT2D eigenvalue weighted by molar-refractivity contribution is 0.102. The molecule has 0 radical (unpaired) electrons. The van der Waals surface area contributed by atoms with Crippen LogP contribution in [0.25, 0.3) is 11.3 Å². The van der Waals surface area contributed by atoms with E-state index in [2.05, 4.69) is 29.6 Å². The van der Waals surface area contributed by atoms with Crippen LogP contribution in [0.1, 0.15) is 33.5 Å². The molecule has 1 heterocycles. The Balaban J connectivity index is 1.51. The number of ether oxygens (including phenoxy) is 1. The largest absolute Gasteiger partial charge is 0.496 e. The molecule has 1 amide bonds. The first-order valence-corrected chi connectivity index (χ1v) is 10.9. The molecular weight excluding hydrogens is 398 g/mol. The van der Waals surface area contributed by atoms with E-state index in [1.165, 1.54) is 17.5 Å². The van der Waals surface area contributed by atoms with Gasteiger partial charge in [-0.2, -0.15) is 5.10 Å². The third-order valence-corrected chi connectivity index (χ3v) is 5.91. The van der Waals surface area contributed by atoms with Crippen molar-refractivity contribution in [2.24, 2.45) is 0 Å². The van der Waals surface area contributed by atoms with Gasteiger partial charge in [0.05, 0.1) is 19.2 Å². The summed E-state index contributed by atoms with van der Waals surface area (Å²) in [7, 11) is 1.63. The van der Waals surface area contributed by atoms with Crippen molar-refractivity contribution in [2.75, 3.05) is 12.4 Å². The van der Waals surface area contributed by atoms with Gasteiger partial charge in [-0.05, 0) is 60.2 Å². The number of nitrogens with one attached hydrogen (secondary N) is 1. The number of aryl methyl sites for hydroxylation is 2. The Kier molecular flexibility index (Phi) is 5.46. The number of carbonyl (C=O) groups excluding carboxylic acids is 1. The van der Waals surface area contributed by atoms with Gasteiger partial charge in [0.1, 0.15) is 11.4 Å². The molecule has 1 N–H and O–H groups in total. The molecule has 0 aliphatic heterocycles. The number of hydrogen-bond donors (Lipinski definition) is 1. The molecule has 0 saturated carbocycles. The van der Waals surface area contributed by atoms with Crippen molar-refractivity contribution < 1.29 is 9.53 Å². The van der Waals surface area contributed by atoms with E-state index in [1.807, 2.05) is 59.4 Å². The summed E-state index contributed by atoms with van der Waals surface area (Å²) in [5.74, 6) is 0.507. The number of benzene rings is 3. The standard InChI is InChI=1S/C27H25N3O2/c1-32-25-13-6-5-12-23(25)26-24(18-30(29-26)17-19-8-3-2-4-9-19)27(31)28-22-15-14-20-10-7-11-21(20)16-22/h2-6,8-9,12-16,18H,7,10-11,17H2,1H3,(H,28,31). The molecule has 0 saturated heterocycles. The molecule has 0 unspecified atom stereocenters. The summed E-state index contributed by atoms with van der Waals surface area (Å²) in [4.78, 5) is 13.4. The number of amides is 1. The van der Waals surface area contributed by atoms with E-state index in [-0.39, 0.29) is 5.91 Å². The van der Waals surface area contributed by atoms with Crippen LogP contribution in [-0.2, 0) is 19.4 Å². The van der Waals surface area contributed by atoms with Gasteiger partial charge >= 0.3 is 0 Å². The van der Waals surface area contributed by atoms with Crippen molar-refractivity contribution in [3.63, 3.8) is 0 Å². The fourth-order valence-corrected chi connectivity index (χ4v) is 4.33. The van der Waals surface area contributed by atoms with Crippen LogP contribution in [0.5, 0.6) is 5.75 Å². The summed E-state index contributed by atoms with van der Waals surface area (Å²) < 4.78 is 7.36. The fraction of sp³-hybridized carbons (Fsp3) is 0.185. The smallest absolute Gasteiger partial charge is 0.259 e. The van der Waals surface area contributed by atoms with E-state index in [1.54, 1.807) is 7.11 Å². The van der Waals surface area contributed by atoms with Crippen LogP contribution < -0.4 is 10.1 Å². The van der Waals surface area contributed by atoms with E-state index in [0.29, 0.717) is 23.6 Å². The number of carbonyl (C=O) groups is 1. The Labute approximate surface area is 187 Å². The molecule has 32 heavy (non-hydrogen) atoms. The quantitative estimate of drug-likeness (QED) is 0.455. The molecule has 5 rings (SSSR count). The molecule has 1 aliphatic carbocycles. The fourth-order valence-electron chi connectivity index (χ4n) is 4.33. The van der Waals surface area contributed by atoms with Crippen LogP contribution in [0.4, 0.5) is 5.69 Å². The normalized spacial score (nSPS) is 12.4. The SMILES string of the molecule is COc1ccccc1-c1nn(Cc2ccccc2)cc1C(=O)Nc1ccc2c(c1)CCC2. The van der Waals surface area contributed by atoms with Gasteiger partial charge in [0.2, 0.25) is 0 Å². The van der Waals surface area contributed by atoms with Crippen LogP contribution in [0, 0.1) is 0 Å². The zero-order valence-electron chi connectivity index (χ0n) is 18.0. The first kappa shape index (κ1) is 20.1. The van der Waals surface area contributed by atoms with Crippen LogP contribution in [-0.4, -0.2) is 22.8 Å². The lowest BCUT2D eigenvalue weighted by Crippen LogP contribution is -2.12. The minimum Gasteiger partial charge on any atom is -0.496 e. The van der Waals surface area contributed by atoms with Crippen molar-refractivity contribution >= 4 is 11.6 Å². The van der Waals surface area contributed by atoms with Gasteiger partial charge in [-0.1, -0.05) is 48.5 Å². The third kappa shape index (κ3) is 4.02. The first-order chi connectivity index (χ1) is 15.7. The number of para-hydroxylation sites is 1. The lowest BCUT2D eigenvalue weighted by atomic mass is 10.1. The van der Waals surface area contributed by atoms with Crippen molar-refractivity contribution in [3.8, 4) is 17.0 Å². The van der Waals surface area contributed by atoms with Gasteiger partial charge in [0, 0.05) is 17.4 Å². The highest BCUT2D eigenvalue weighted by Gasteiger charge is 2.21. The minimum absolute atomic E-state index is 0.178. The van der Waals surface area contributed by atoms with Crippen molar-refractivity contribution in [2.45, 2.75) is 25.8 Å². The molecule has 0 atom stereocenters. The van der Waals surface area contributed by atoms with Gasteiger partial charge in [-0.25, -0.2) is 0 Å². The highest BCUT2D eigenvalue weighted by atomic mass is 16.5. The first-order valence-electron chi connectivity index (χ1n) is 10.9. The zero-order valence-corrected chi connectivity index (χ0v) is 18.0. The molecule has 0 bridgehead atoms. The Hall–Kier alpha value is -3.86. The van der Waals surface area contributed by atoms with E-state index in [4.69, 9.17) is 9.84 Å². The van der Waals surface area contributed by atoms with E-state index < -0.39 is 0 Å². The summed E-state index contributed by atoms with van der Waals surface area (Å²) in [6.45, 7) is 0.578. The maximum absolute atomic E-state index is 13.4. The second-order valence-electron chi connectivity index (χ2n) is 8.07. The average Bonchev–Trinajstić information content (AvgIpc) is 3.46. The molecule has 5 nitrogen and oxygen atoms in total. The second kappa shape index (κ2) is 8.71. The molecule has 4 aromatic rings. The van der Waals surface area contributed by atoms with Gasteiger partial charge in [0.15, 0.2) is 0 Å². The number of hydrogen-bond acceptors (Lipinski definition) is 3. The lowest BCUT2D eigenvalue weighted by Gasteiger charge is -2.09.